The summed E-state index contributed by atoms with van der Waals surface area (Å²) >= 11 is 0. The highest BCUT2D eigenvalue weighted by Gasteiger charge is 2.23. The molecule has 0 amide bonds. The third kappa shape index (κ3) is 2.97. The first-order valence-corrected chi connectivity index (χ1v) is 14.7. The fourth-order valence-corrected chi connectivity index (χ4v) is 7.22. The van der Waals surface area contributed by atoms with Crippen molar-refractivity contribution in [3.8, 4) is 11.4 Å². The van der Waals surface area contributed by atoms with Gasteiger partial charge in [0.25, 0.3) is 0 Å². The first-order valence-electron chi connectivity index (χ1n) is 14.7. The van der Waals surface area contributed by atoms with E-state index >= 15 is 0 Å². The molecular formula is C39H24N4. The van der Waals surface area contributed by atoms with Gasteiger partial charge in [0.1, 0.15) is 5.52 Å². The molecule has 3 heterocycles. The summed E-state index contributed by atoms with van der Waals surface area (Å²) in [7, 11) is 0. The predicted molar refractivity (Wildman–Crippen MR) is 179 cm³/mol. The summed E-state index contributed by atoms with van der Waals surface area (Å²) in [6, 6.07) is 52.2. The Kier molecular flexibility index (Phi) is 4.42. The average molecular weight is 549 g/mol. The first-order chi connectivity index (χ1) is 21.4. The summed E-state index contributed by atoms with van der Waals surface area (Å²) in [6.45, 7) is 0. The maximum Gasteiger partial charge on any atom is 0.221 e. The van der Waals surface area contributed by atoms with E-state index in [4.69, 9.17) is 4.98 Å². The van der Waals surface area contributed by atoms with E-state index in [9.17, 15) is 0 Å². The van der Waals surface area contributed by atoms with Crippen LogP contribution in [0.3, 0.4) is 0 Å². The summed E-state index contributed by atoms with van der Waals surface area (Å²) in [5.74, 6) is 0.908. The highest BCUT2D eigenvalue weighted by atomic mass is 15.3. The molecule has 43 heavy (non-hydrogen) atoms. The number of rotatable bonds is 2. The summed E-state index contributed by atoms with van der Waals surface area (Å²) in [4.78, 5) is 5.40. The predicted octanol–water partition coefficient (Wildman–Crippen LogP) is 9.83. The lowest BCUT2D eigenvalue weighted by atomic mass is 9.94. The molecule has 200 valence electrons. The fourth-order valence-electron chi connectivity index (χ4n) is 7.22. The molecule has 4 heteroatoms. The van der Waals surface area contributed by atoms with Crippen LogP contribution in [0.2, 0.25) is 0 Å². The first kappa shape index (κ1) is 22.8. The van der Waals surface area contributed by atoms with E-state index in [2.05, 4.69) is 159 Å². The Labute approximate surface area is 246 Å². The Balaban J connectivity index is 1.37. The van der Waals surface area contributed by atoms with Crippen LogP contribution in [0.25, 0.3) is 82.6 Å². The minimum atomic E-state index is 0.908. The van der Waals surface area contributed by atoms with Crippen molar-refractivity contribution in [3.63, 3.8) is 0 Å². The lowest BCUT2D eigenvalue weighted by molar-refractivity contribution is 1.08. The van der Waals surface area contributed by atoms with Crippen LogP contribution < -0.4 is 0 Å². The minimum absolute atomic E-state index is 0.908. The highest BCUT2D eigenvalue weighted by molar-refractivity contribution is 6.25. The molecule has 0 N–H and O–H groups in total. The zero-order chi connectivity index (χ0) is 28.1. The number of hydrogen-bond acceptors (Lipinski definition) is 1. The summed E-state index contributed by atoms with van der Waals surface area (Å²) < 4.78 is 7.00. The van der Waals surface area contributed by atoms with Crippen LogP contribution in [0.4, 0.5) is 0 Å². The fraction of sp³-hybridized carbons (Fsp3) is 0. The maximum absolute atomic E-state index is 5.40. The smallest absolute Gasteiger partial charge is 0.221 e. The van der Waals surface area contributed by atoms with Gasteiger partial charge in [0.05, 0.1) is 16.6 Å². The van der Waals surface area contributed by atoms with Gasteiger partial charge in [-0.15, -0.1) is 0 Å². The summed E-state index contributed by atoms with van der Waals surface area (Å²) in [6.07, 6.45) is 0. The second-order valence-electron chi connectivity index (χ2n) is 11.3. The Bertz CT molecular complexity index is 2690. The molecule has 4 nitrogen and oxygen atoms in total. The van der Waals surface area contributed by atoms with Crippen LogP contribution in [0.5, 0.6) is 0 Å². The highest BCUT2D eigenvalue weighted by Crippen LogP contribution is 2.39. The van der Waals surface area contributed by atoms with Gasteiger partial charge >= 0.3 is 0 Å². The minimum Gasteiger partial charge on any atom is -0.294 e. The molecule has 0 aliphatic rings. The monoisotopic (exact) mass is 548 g/mol. The van der Waals surface area contributed by atoms with Crippen LogP contribution in [0.1, 0.15) is 0 Å². The molecule has 0 radical (unpaired) electrons. The molecule has 0 spiro atoms. The van der Waals surface area contributed by atoms with Crippen LogP contribution in [0.15, 0.2) is 146 Å². The normalized spacial score (nSPS) is 12.2. The Morgan fingerprint density at radius 1 is 0.372 bits per heavy atom. The van der Waals surface area contributed by atoms with E-state index < -0.39 is 0 Å². The zero-order valence-corrected chi connectivity index (χ0v) is 23.1. The van der Waals surface area contributed by atoms with Gasteiger partial charge in [-0.05, 0) is 74.8 Å². The second-order valence-corrected chi connectivity index (χ2v) is 11.3. The number of nitrogens with zero attached hydrogens (tertiary/aromatic N) is 4. The van der Waals surface area contributed by atoms with E-state index in [1.165, 1.54) is 32.3 Å². The van der Waals surface area contributed by atoms with Gasteiger partial charge in [-0.25, -0.2) is 4.98 Å². The molecular weight excluding hydrogens is 524 g/mol. The molecule has 10 aromatic rings. The average Bonchev–Trinajstić information content (AvgIpc) is 3.71. The lowest BCUT2D eigenvalue weighted by Gasteiger charge is -2.13. The number of fused-ring (bicyclic) bond motifs is 13. The third-order valence-corrected chi connectivity index (χ3v) is 9.01. The molecule has 3 aromatic heterocycles. The molecule has 0 fully saturated rings. The van der Waals surface area contributed by atoms with Gasteiger partial charge in [-0.2, -0.15) is 0 Å². The SMILES string of the molecule is c1ccc(-n2c3ccccc3c3nc4n(-c5ccc6c7ccccc7c7ccccc7c6c5)c5ccccc5n4c32)cc1. The quantitative estimate of drug-likeness (QED) is 0.198. The van der Waals surface area contributed by atoms with Crippen molar-refractivity contribution in [3.05, 3.63) is 146 Å². The van der Waals surface area contributed by atoms with Crippen molar-refractivity contribution in [2.24, 2.45) is 0 Å². The Hall–Kier alpha value is -5.87. The van der Waals surface area contributed by atoms with Crippen molar-refractivity contribution in [1.82, 2.24) is 18.5 Å². The Morgan fingerprint density at radius 2 is 0.907 bits per heavy atom. The zero-order valence-electron chi connectivity index (χ0n) is 23.1. The molecule has 0 atom stereocenters. The number of hydrogen-bond donors (Lipinski definition) is 0. The number of imidazole rings is 2. The van der Waals surface area contributed by atoms with E-state index in [1.54, 1.807) is 0 Å². The largest absolute Gasteiger partial charge is 0.294 e. The van der Waals surface area contributed by atoms with Gasteiger partial charge in [-0.3, -0.25) is 13.5 Å². The third-order valence-electron chi connectivity index (χ3n) is 9.01. The molecule has 0 aliphatic heterocycles. The molecule has 10 rings (SSSR count). The van der Waals surface area contributed by atoms with E-state index in [0.29, 0.717) is 0 Å². The topological polar surface area (TPSA) is 27.2 Å². The lowest BCUT2D eigenvalue weighted by Crippen LogP contribution is -1.97. The van der Waals surface area contributed by atoms with Crippen molar-refractivity contribution < 1.29 is 0 Å². The van der Waals surface area contributed by atoms with Gasteiger partial charge < -0.3 is 0 Å². The van der Waals surface area contributed by atoms with Gasteiger partial charge in [0, 0.05) is 16.8 Å². The molecule has 0 aliphatic carbocycles. The summed E-state index contributed by atoms with van der Waals surface area (Å²) in [5, 5.41) is 8.77. The van der Waals surface area contributed by atoms with Crippen LogP contribution >= 0.6 is 0 Å². The molecule has 7 aromatic carbocycles. The van der Waals surface area contributed by atoms with Gasteiger partial charge in [-0.1, -0.05) is 103 Å². The number of benzene rings is 7. The van der Waals surface area contributed by atoms with Crippen molar-refractivity contribution in [2.45, 2.75) is 0 Å². The van der Waals surface area contributed by atoms with Crippen molar-refractivity contribution >= 4 is 71.2 Å². The van der Waals surface area contributed by atoms with Crippen LogP contribution in [0, 0.1) is 0 Å². The Morgan fingerprint density at radius 3 is 1.60 bits per heavy atom. The van der Waals surface area contributed by atoms with E-state index in [1.807, 2.05) is 0 Å². The molecule has 0 unspecified atom stereocenters. The number of para-hydroxylation sites is 4. The van der Waals surface area contributed by atoms with Crippen LogP contribution in [-0.2, 0) is 0 Å². The van der Waals surface area contributed by atoms with Crippen LogP contribution in [-0.4, -0.2) is 18.5 Å². The number of aromatic nitrogens is 4. The van der Waals surface area contributed by atoms with E-state index in [0.717, 1.165) is 50.3 Å². The van der Waals surface area contributed by atoms with Gasteiger partial charge in [0.2, 0.25) is 5.78 Å². The van der Waals surface area contributed by atoms with E-state index in [-0.39, 0.29) is 0 Å². The standard InChI is InChI=1S/C39H24N4/c1-2-12-25(13-3-1)41-34-19-9-8-18-32(34)37-38(41)43-36-21-11-10-20-35(36)42(39(43)40-37)26-22-23-31-29-16-5-4-14-27(29)28-15-6-7-17-30(28)33(31)24-26/h1-24H. The van der Waals surface area contributed by atoms with Crippen molar-refractivity contribution in [2.75, 3.05) is 0 Å². The molecule has 0 bridgehead atoms. The summed E-state index contributed by atoms with van der Waals surface area (Å²) in [5.41, 5.74) is 7.71. The maximum atomic E-state index is 5.40. The molecule has 0 saturated heterocycles. The molecule has 0 saturated carbocycles. The second kappa shape index (κ2) is 8.34. The van der Waals surface area contributed by atoms with Gasteiger partial charge in [0.15, 0.2) is 5.65 Å². The van der Waals surface area contributed by atoms with Crippen molar-refractivity contribution in [1.29, 1.82) is 0 Å².